The molecule has 2 aromatic carbocycles. The standard InChI is InChI=1S/C24H29N3O8/c1-14(26-23(34)35-13-16-7-5-4-6-8-16)20(30)25-15(2)21(31)27-24(3,22(32)33)12-17-9-10-18(28)19(29)11-17/h4-11,14-15,28-29H,12-13H2,1-3H3,(H,25,30)(H,26,34)(H,27,31)(H,32,33)/t14-,15-,24-/m0/s1. The molecule has 0 aliphatic heterocycles. The molecule has 0 spiro atoms. The topological polar surface area (TPSA) is 174 Å². The number of carboxylic acid groups (broad SMARTS) is 1. The van der Waals surface area contributed by atoms with E-state index in [1.807, 2.05) is 6.07 Å². The number of ether oxygens (including phenoxy) is 1. The van der Waals surface area contributed by atoms with Gasteiger partial charge in [0.1, 0.15) is 24.2 Å². The zero-order valence-electron chi connectivity index (χ0n) is 19.6. The number of carbonyl (C=O) groups is 4. The lowest BCUT2D eigenvalue weighted by atomic mass is 9.92. The lowest BCUT2D eigenvalue weighted by molar-refractivity contribution is -0.147. The smallest absolute Gasteiger partial charge is 0.408 e. The van der Waals surface area contributed by atoms with E-state index in [-0.39, 0.29) is 18.8 Å². The van der Waals surface area contributed by atoms with Crippen LogP contribution in [0, 0.1) is 0 Å². The van der Waals surface area contributed by atoms with Crippen molar-refractivity contribution in [2.45, 2.75) is 51.4 Å². The van der Waals surface area contributed by atoms with E-state index in [2.05, 4.69) is 16.0 Å². The molecular formula is C24H29N3O8. The van der Waals surface area contributed by atoms with Crippen molar-refractivity contribution in [3.63, 3.8) is 0 Å². The minimum atomic E-state index is -1.77. The molecule has 3 amide bonds. The van der Waals surface area contributed by atoms with Crippen molar-refractivity contribution in [3.05, 3.63) is 59.7 Å². The maximum Gasteiger partial charge on any atom is 0.408 e. The van der Waals surface area contributed by atoms with E-state index >= 15 is 0 Å². The van der Waals surface area contributed by atoms with E-state index in [1.165, 1.54) is 39.0 Å². The lowest BCUT2D eigenvalue weighted by Crippen LogP contribution is -2.59. The van der Waals surface area contributed by atoms with Crippen LogP contribution in [0.2, 0.25) is 0 Å². The number of phenolic OH excluding ortho intramolecular Hbond substituents is 2. The van der Waals surface area contributed by atoms with Gasteiger partial charge >= 0.3 is 12.1 Å². The minimum absolute atomic E-state index is 0.0202. The van der Waals surface area contributed by atoms with Crippen LogP contribution in [0.3, 0.4) is 0 Å². The molecule has 0 radical (unpaired) electrons. The van der Waals surface area contributed by atoms with Gasteiger partial charge in [0, 0.05) is 6.42 Å². The fraction of sp³-hybridized carbons (Fsp3) is 0.333. The molecule has 11 nitrogen and oxygen atoms in total. The summed E-state index contributed by atoms with van der Waals surface area (Å²) in [5, 5.41) is 35.9. The van der Waals surface area contributed by atoms with Crippen LogP contribution in [0.15, 0.2) is 48.5 Å². The summed E-state index contributed by atoms with van der Waals surface area (Å²) < 4.78 is 5.06. The summed E-state index contributed by atoms with van der Waals surface area (Å²) in [5.74, 6) is -3.58. The summed E-state index contributed by atoms with van der Waals surface area (Å²) in [6, 6.07) is 10.6. The summed E-state index contributed by atoms with van der Waals surface area (Å²) in [6.07, 6.45) is -1.02. The van der Waals surface area contributed by atoms with Crippen molar-refractivity contribution >= 4 is 23.9 Å². The van der Waals surface area contributed by atoms with Crippen molar-refractivity contribution in [1.82, 2.24) is 16.0 Å². The van der Waals surface area contributed by atoms with Crippen LogP contribution < -0.4 is 16.0 Å². The maximum absolute atomic E-state index is 12.6. The number of hydrogen-bond donors (Lipinski definition) is 6. The zero-order chi connectivity index (χ0) is 26.2. The SMILES string of the molecule is C[C@H](NC(=O)OCc1ccccc1)C(=O)N[C@@H](C)C(=O)N[C@@](C)(Cc1ccc(O)c(O)c1)C(=O)O. The predicted octanol–water partition coefficient (Wildman–Crippen LogP) is 1.42. The number of carbonyl (C=O) groups excluding carboxylic acids is 3. The second-order valence-corrected chi connectivity index (χ2v) is 8.28. The molecule has 0 heterocycles. The molecule has 0 fully saturated rings. The molecular weight excluding hydrogens is 458 g/mol. The summed E-state index contributed by atoms with van der Waals surface area (Å²) in [5.41, 5.74) is -0.645. The van der Waals surface area contributed by atoms with Gasteiger partial charge in [-0.2, -0.15) is 0 Å². The molecule has 0 saturated carbocycles. The number of aromatic hydroxyl groups is 2. The highest BCUT2D eigenvalue weighted by Gasteiger charge is 2.37. The Kier molecular flexibility index (Phi) is 9.04. The normalized spacial score (nSPS) is 14.0. The summed E-state index contributed by atoms with van der Waals surface area (Å²) in [4.78, 5) is 48.8. The third-order valence-electron chi connectivity index (χ3n) is 5.16. The largest absolute Gasteiger partial charge is 0.504 e. The average molecular weight is 488 g/mol. The Balaban J connectivity index is 1.91. The Bertz CT molecular complexity index is 1080. The molecule has 11 heteroatoms. The van der Waals surface area contributed by atoms with E-state index in [0.717, 1.165) is 5.56 Å². The minimum Gasteiger partial charge on any atom is -0.504 e. The highest BCUT2D eigenvalue weighted by atomic mass is 16.5. The first-order valence-corrected chi connectivity index (χ1v) is 10.7. The van der Waals surface area contributed by atoms with Gasteiger partial charge in [0.25, 0.3) is 0 Å². The van der Waals surface area contributed by atoms with Crippen molar-refractivity contribution in [2.24, 2.45) is 0 Å². The highest BCUT2D eigenvalue weighted by Crippen LogP contribution is 2.27. The molecule has 0 bridgehead atoms. The van der Waals surface area contributed by atoms with Gasteiger partial charge in [-0.15, -0.1) is 0 Å². The summed E-state index contributed by atoms with van der Waals surface area (Å²) in [6.45, 7) is 4.07. The Hall–Kier alpha value is -4.28. The second-order valence-electron chi connectivity index (χ2n) is 8.28. The number of alkyl carbamates (subject to hydrolysis) is 1. The molecule has 35 heavy (non-hydrogen) atoms. The first-order valence-electron chi connectivity index (χ1n) is 10.7. The van der Waals surface area contributed by atoms with Crippen LogP contribution >= 0.6 is 0 Å². The Labute approximate surface area is 202 Å². The summed E-state index contributed by atoms with van der Waals surface area (Å²) >= 11 is 0. The predicted molar refractivity (Wildman–Crippen MR) is 124 cm³/mol. The average Bonchev–Trinajstić information content (AvgIpc) is 2.80. The second kappa shape index (κ2) is 11.7. The molecule has 0 unspecified atom stereocenters. The van der Waals surface area contributed by atoms with Crippen molar-refractivity contribution in [3.8, 4) is 11.5 Å². The van der Waals surface area contributed by atoms with Gasteiger partial charge in [-0.1, -0.05) is 36.4 Å². The van der Waals surface area contributed by atoms with E-state index in [9.17, 15) is 34.5 Å². The van der Waals surface area contributed by atoms with E-state index in [1.54, 1.807) is 24.3 Å². The summed E-state index contributed by atoms with van der Waals surface area (Å²) in [7, 11) is 0. The number of carboxylic acids is 1. The zero-order valence-corrected chi connectivity index (χ0v) is 19.6. The Morgan fingerprint density at radius 1 is 0.886 bits per heavy atom. The molecule has 2 rings (SSSR count). The molecule has 0 saturated heterocycles. The first kappa shape index (κ1) is 27.0. The number of hydrogen-bond acceptors (Lipinski definition) is 7. The van der Waals surface area contributed by atoms with Gasteiger partial charge in [0.2, 0.25) is 11.8 Å². The monoisotopic (exact) mass is 487 g/mol. The van der Waals surface area contributed by atoms with E-state index < -0.39 is 47.2 Å². The number of amides is 3. The molecule has 3 atom stereocenters. The number of benzene rings is 2. The lowest BCUT2D eigenvalue weighted by Gasteiger charge is -2.28. The first-order chi connectivity index (χ1) is 16.4. The molecule has 188 valence electrons. The van der Waals surface area contributed by atoms with Gasteiger partial charge < -0.3 is 36.0 Å². The molecule has 0 aromatic heterocycles. The van der Waals surface area contributed by atoms with Gasteiger partial charge in [0.15, 0.2) is 11.5 Å². The van der Waals surface area contributed by atoms with Crippen LogP contribution in [0.25, 0.3) is 0 Å². The third kappa shape index (κ3) is 7.91. The highest BCUT2D eigenvalue weighted by molar-refractivity contribution is 5.93. The molecule has 2 aromatic rings. The van der Waals surface area contributed by atoms with Crippen molar-refractivity contribution < 1.29 is 39.2 Å². The van der Waals surface area contributed by atoms with Gasteiger partial charge in [0.05, 0.1) is 0 Å². The fourth-order valence-electron chi connectivity index (χ4n) is 3.05. The van der Waals surface area contributed by atoms with Gasteiger partial charge in [-0.05, 0) is 44.0 Å². The number of phenols is 2. The third-order valence-corrected chi connectivity index (χ3v) is 5.16. The molecule has 6 N–H and O–H groups in total. The number of nitrogens with one attached hydrogen (secondary N) is 3. The van der Waals surface area contributed by atoms with Crippen molar-refractivity contribution in [1.29, 1.82) is 0 Å². The Morgan fingerprint density at radius 3 is 2.11 bits per heavy atom. The van der Waals surface area contributed by atoms with E-state index in [4.69, 9.17) is 4.74 Å². The molecule has 0 aliphatic rings. The van der Waals surface area contributed by atoms with E-state index in [0.29, 0.717) is 5.56 Å². The quantitative estimate of drug-likeness (QED) is 0.273. The van der Waals surface area contributed by atoms with Gasteiger partial charge in [-0.25, -0.2) is 9.59 Å². The van der Waals surface area contributed by atoms with Crippen LogP contribution in [0.1, 0.15) is 31.9 Å². The number of aliphatic carboxylic acids is 1. The fourth-order valence-corrected chi connectivity index (χ4v) is 3.05. The van der Waals surface area contributed by atoms with Crippen LogP contribution in [0.4, 0.5) is 4.79 Å². The van der Waals surface area contributed by atoms with Crippen LogP contribution in [-0.4, -0.2) is 56.8 Å². The van der Waals surface area contributed by atoms with Crippen LogP contribution in [-0.2, 0) is 32.1 Å². The van der Waals surface area contributed by atoms with Crippen LogP contribution in [0.5, 0.6) is 11.5 Å². The van der Waals surface area contributed by atoms with Crippen molar-refractivity contribution in [2.75, 3.05) is 0 Å². The molecule has 0 aliphatic carbocycles. The van der Waals surface area contributed by atoms with Gasteiger partial charge in [-0.3, -0.25) is 9.59 Å². The number of rotatable bonds is 10. The Morgan fingerprint density at radius 2 is 1.51 bits per heavy atom. The maximum atomic E-state index is 12.6.